The minimum absolute atomic E-state index is 0.899. The van der Waals surface area contributed by atoms with Gasteiger partial charge in [-0.3, -0.25) is 14.1 Å². The number of fused-ring (bicyclic) bond motifs is 26. The Balaban J connectivity index is 0.000000101. The lowest BCUT2D eigenvalue weighted by Crippen LogP contribution is -1.99. The molecule has 0 unspecified atom stereocenters. The molecule has 12 nitrogen and oxygen atoms in total. The summed E-state index contributed by atoms with van der Waals surface area (Å²) in [6.45, 7) is 0. The van der Waals surface area contributed by atoms with E-state index < -0.39 is 0 Å². The van der Waals surface area contributed by atoms with Crippen LogP contribution >= 0.6 is 0 Å². The molecular formula is C110H67N9O3. The van der Waals surface area contributed by atoms with Crippen molar-refractivity contribution in [2.24, 2.45) is 0 Å². The van der Waals surface area contributed by atoms with Gasteiger partial charge in [0, 0.05) is 121 Å². The molecule has 0 aliphatic heterocycles. The Labute approximate surface area is 695 Å². The fourth-order valence-corrected chi connectivity index (χ4v) is 18.9. The molecule has 0 aliphatic rings. The number of hydrogen-bond donors (Lipinski definition) is 0. The van der Waals surface area contributed by atoms with E-state index in [0.717, 1.165) is 178 Å². The highest BCUT2D eigenvalue weighted by Gasteiger charge is 2.25. The molecule has 122 heavy (non-hydrogen) atoms. The second-order valence-corrected chi connectivity index (χ2v) is 31.1. The van der Waals surface area contributed by atoms with Crippen molar-refractivity contribution in [3.8, 4) is 62.5 Å². The van der Waals surface area contributed by atoms with Gasteiger partial charge >= 0.3 is 0 Å². The van der Waals surface area contributed by atoms with Gasteiger partial charge in [0.15, 0.2) is 0 Å². The second kappa shape index (κ2) is 27.5. The first-order valence-corrected chi connectivity index (χ1v) is 41.1. The van der Waals surface area contributed by atoms with Crippen LogP contribution in [0.2, 0.25) is 0 Å². The van der Waals surface area contributed by atoms with E-state index in [0.29, 0.717) is 0 Å². The molecule has 0 amide bonds. The van der Waals surface area contributed by atoms with Crippen LogP contribution in [0.25, 0.3) is 238 Å². The molecule has 0 saturated heterocycles. The summed E-state index contributed by atoms with van der Waals surface area (Å²) < 4.78 is 30.3. The minimum atomic E-state index is 0.899. The molecule has 0 bridgehead atoms. The molecule has 0 radical (unpaired) electrons. The van der Waals surface area contributed by atoms with E-state index in [9.17, 15) is 0 Å². The zero-order valence-electron chi connectivity index (χ0n) is 65.4. The molecule has 12 heteroatoms. The van der Waals surface area contributed by atoms with Gasteiger partial charge in [0.1, 0.15) is 45.1 Å². The fraction of sp³-hybridized carbons (Fsp3) is 0. The molecule has 27 aromatic rings. The quantitative estimate of drug-likeness (QED) is 0.139. The predicted octanol–water partition coefficient (Wildman–Crippen LogP) is 28.8. The van der Waals surface area contributed by atoms with Gasteiger partial charge in [-0.25, -0.2) is 15.0 Å². The number of hydrogen-bond acceptors (Lipinski definition) is 7. The molecule has 0 fully saturated rings. The Kier molecular flexibility index (Phi) is 15.4. The van der Waals surface area contributed by atoms with Crippen LogP contribution in [-0.4, -0.2) is 42.8 Å². The maximum Gasteiger partial charge on any atom is 0.145 e. The standard InChI is InChI=1S/2C37H23N3O.C36H21N3O/c1-2-10-25(11-3-1)40-31-16-8-6-14-29(31)38-37(40)24-18-20-26(21-19-24)39-30-15-7-4-12-27(30)35-32(39)22-23-34-36(35)28-13-5-9-17-33(28)41-34;1-2-10-24(11-3-1)37-38-29-14-6-8-16-31(29)40(37)26-20-18-25(19-21-26)39-30-15-7-4-12-27(30)35-32(39)22-23-34-36(35)28-13-5-9-17-33(28)41-34;1-3-9-30-26(7-1)27-18-20-32-33(28-8-2-4-10-31(28)40-32)36(27)39(30)25-16-13-22(14-17-25)29-19-15-24-12-11-23-6-5-21-37-34(23)35(24)38-29/h2*1-23H;1-21H. The smallest absolute Gasteiger partial charge is 0.145 e. The van der Waals surface area contributed by atoms with Crippen LogP contribution < -0.4 is 0 Å². The van der Waals surface area contributed by atoms with Crippen molar-refractivity contribution in [3.05, 3.63) is 407 Å². The summed E-state index contributed by atoms with van der Waals surface area (Å²) in [6.07, 6.45) is 1.83. The maximum absolute atomic E-state index is 6.26. The SMILES string of the molecule is c1ccc(-c2nc3ccccc3n2-c2ccc(-n3c4ccccc4c4c5c(ccc43)oc3ccccc35)cc2)cc1.c1ccc(-n2c(-c3ccc(-n4c5ccccc5c5c6c(ccc54)oc4ccccc46)cc3)nc3ccccc32)cc1.c1cnc2c(c1)ccc1ccc(-c3ccc(-n4c5ccccc5c5ccc6oc7ccccc7c6c54)cc3)nc12. The van der Waals surface area contributed by atoms with Gasteiger partial charge in [-0.05, 0) is 182 Å². The molecule has 0 saturated carbocycles. The maximum atomic E-state index is 6.26. The highest BCUT2D eigenvalue weighted by Crippen LogP contribution is 2.46. The number of pyridine rings is 2. The van der Waals surface area contributed by atoms with Crippen molar-refractivity contribution in [2.75, 3.05) is 0 Å². The van der Waals surface area contributed by atoms with Gasteiger partial charge in [0.05, 0.1) is 77.3 Å². The highest BCUT2D eigenvalue weighted by atomic mass is 16.3. The number of para-hydroxylation sites is 11. The molecule has 570 valence electrons. The summed E-state index contributed by atoms with van der Waals surface area (Å²) in [4.78, 5) is 19.7. The first-order valence-electron chi connectivity index (χ1n) is 41.1. The lowest BCUT2D eigenvalue weighted by Gasteiger charge is -2.12. The van der Waals surface area contributed by atoms with Crippen LogP contribution in [0, 0.1) is 0 Å². The van der Waals surface area contributed by atoms with E-state index in [-0.39, 0.29) is 0 Å². The number of rotatable bonds is 8. The van der Waals surface area contributed by atoms with Crippen LogP contribution in [0.4, 0.5) is 0 Å². The van der Waals surface area contributed by atoms with Crippen LogP contribution in [0.1, 0.15) is 0 Å². The lowest BCUT2D eigenvalue weighted by atomic mass is 10.1. The summed E-state index contributed by atoms with van der Waals surface area (Å²) in [6, 6.07) is 140. The molecule has 10 heterocycles. The zero-order valence-corrected chi connectivity index (χ0v) is 65.4. The highest BCUT2D eigenvalue weighted by molar-refractivity contribution is 6.29. The average molecular weight is 1560 g/mol. The van der Waals surface area contributed by atoms with Crippen LogP contribution in [0.15, 0.2) is 420 Å². The van der Waals surface area contributed by atoms with Crippen LogP contribution in [0.3, 0.4) is 0 Å². The number of aromatic nitrogens is 9. The molecule has 10 aromatic heterocycles. The van der Waals surface area contributed by atoms with Gasteiger partial charge in [-0.15, -0.1) is 0 Å². The average Bonchev–Trinajstić information content (AvgIpc) is 1.57. The second-order valence-electron chi connectivity index (χ2n) is 31.1. The Hall–Kier alpha value is -16.7. The number of furan rings is 3. The van der Waals surface area contributed by atoms with E-state index >= 15 is 0 Å². The van der Waals surface area contributed by atoms with E-state index in [1.165, 1.54) is 59.6 Å². The van der Waals surface area contributed by atoms with E-state index in [1.807, 2.05) is 72.9 Å². The minimum Gasteiger partial charge on any atom is -0.456 e. The van der Waals surface area contributed by atoms with Crippen molar-refractivity contribution in [1.29, 1.82) is 0 Å². The summed E-state index contributed by atoms with van der Waals surface area (Å²) in [5.41, 5.74) is 28.1. The Morgan fingerprint density at radius 2 is 0.582 bits per heavy atom. The third kappa shape index (κ3) is 10.7. The third-order valence-corrected chi connectivity index (χ3v) is 24.3. The monoisotopic (exact) mass is 1560 g/mol. The molecule has 0 spiro atoms. The van der Waals surface area contributed by atoms with Crippen molar-refractivity contribution < 1.29 is 13.3 Å². The Morgan fingerprint density at radius 1 is 0.197 bits per heavy atom. The van der Waals surface area contributed by atoms with Crippen molar-refractivity contribution in [3.63, 3.8) is 0 Å². The molecule has 27 rings (SSSR count). The van der Waals surface area contributed by atoms with Crippen molar-refractivity contribution in [1.82, 2.24) is 42.8 Å². The van der Waals surface area contributed by atoms with Gasteiger partial charge in [-0.2, -0.15) is 0 Å². The topological polar surface area (TPSA) is 116 Å². The number of imidazole rings is 2. The van der Waals surface area contributed by atoms with Crippen molar-refractivity contribution in [2.45, 2.75) is 0 Å². The van der Waals surface area contributed by atoms with Gasteiger partial charge in [-0.1, -0.05) is 218 Å². The number of nitrogens with zero attached hydrogens (tertiary/aromatic N) is 9. The molecular weight excluding hydrogens is 1500 g/mol. The molecule has 0 aliphatic carbocycles. The summed E-state index contributed by atoms with van der Waals surface area (Å²) in [5, 5.41) is 16.4. The van der Waals surface area contributed by atoms with Gasteiger partial charge in [0.25, 0.3) is 0 Å². The fourth-order valence-electron chi connectivity index (χ4n) is 18.9. The first kappa shape index (κ1) is 68.5. The molecule has 0 N–H and O–H groups in total. The third-order valence-electron chi connectivity index (χ3n) is 24.3. The summed E-state index contributed by atoms with van der Waals surface area (Å²) >= 11 is 0. The van der Waals surface area contributed by atoms with E-state index in [4.69, 9.17) is 28.2 Å². The lowest BCUT2D eigenvalue weighted by molar-refractivity contribution is 0.669. The van der Waals surface area contributed by atoms with E-state index in [1.54, 1.807) is 0 Å². The van der Waals surface area contributed by atoms with Gasteiger partial charge in [0.2, 0.25) is 0 Å². The zero-order chi connectivity index (χ0) is 80.0. The largest absolute Gasteiger partial charge is 0.456 e. The Morgan fingerprint density at radius 3 is 1.13 bits per heavy atom. The Bertz CT molecular complexity index is 8880. The summed E-state index contributed by atoms with van der Waals surface area (Å²) in [5.74, 6) is 1.86. The number of benzene rings is 17. The van der Waals surface area contributed by atoms with Crippen LogP contribution in [-0.2, 0) is 0 Å². The van der Waals surface area contributed by atoms with Gasteiger partial charge < -0.3 is 27.0 Å². The van der Waals surface area contributed by atoms with E-state index in [2.05, 4.69) is 361 Å². The summed E-state index contributed by atoms with van der Waals surface area (Å²) in [7, 11) is 0. The van der Waals surface area contributed by atoms with Crippen molar-refractivity contribution >= 4 is 175 Å². The van der Waals surface area contributed by atoms with Crippen LogP contribution in [0.5, 0.6) is 0 Å². The predicted molar refractivity (Wildman–Crippen MR) is 500 cm³/mol. The molecule has 0 atom stereocenters. The molecule has 17 aromatic carbocycles. The first-order chi connectivity index (χ1) is 60.5. The normalized spacial score (nSPS) is 11.9.